The van der Waals surface area contributed by atoms with E-state index in [1.165, 1.54) is 0 Å². The third-order valence-corrected chi connectivity index (χ3v) is 2.27. The molecule has 78 valence electrons. The minimum Gasteiger partial charge on any atom is -0.353 e. The van der Waals surface area contributed by atoms with Crippen LogP contribution in [0.25, 0.3) is 0 Å². The van der Waals surface area contributed by atoms with Gasteiger partial charge in [-0.15, -0.1) is 11.3 Å². The zero-order chi connectivity index (χ0) is 10.4. The first-order chi connectivity index (χ1) is 6.68. The highest BCUT2D eigenvalue weighted by atomic mass is 32.1. The molecule has 1 aromatic rings. The molecule has 0 unspecified atom stereocenters. The number of hydrogen-bond acceptors (Lipinski definition) is 4. The van der Waals surface area contributed by atoms with Crippen molar-refractivity contribution in [3.05, 3.63) is 16.6 Å². The minimum absolute atomic E-state index is 0.0246. The lowest BCUT2D eigenvalue weighted by molar-refractivity contribution is -0.120. The first-order valence-corrected chi connectivity index (χ1v) is 5.45. The summed E-state index contributed by atoms with van der Waals surface area (Å²) >= 11 is 1.58. The highest BCUT2D eigenvalue weighted by Gasteiger charge is 2.02. The maximum atomic E-state index is 11.2. The molecule has 1 amide bonds. The van der Waals surface area contributed by atoms with Crippen molar-refractivity contribution in [2.24, 2.45) is 0 Å². The fourth-order valence-electron chi connectivity index (χ4n) is 0.996. The molecule has 14 heavy (non-hydrogen) atoms. The molecule has 2 N–H and O–H groups in total. The van der Waals surface area contributed by atoms with Gasteiger partial charge in [-0.3, -0.25) is 4.79 Å². The third-order valence-electron chi connectivity index (χ3n) is 1.49. The normalized spacial score (nSPS) is 10.5. The quantitative estimate of drug-likeness (QED) is 0.759. The Balaban J connectivity index is 2.12. The average molecular weight is 213 g/mol. The van der Waals surface area contributed by atoms with Gasteiger partial charge in [-0.05, 0) is 13.8 Å². The third kappa shape index (κ3) is 4.34. The van der Waals surface area contributed by atoms with Crippen LogP contribution in [0, 0.1) is 0 Å². The Morgan fingerprint density at radius 3 is 3.00 bits per heavy atom. The summed E-state index contributed by atoms with van der Waals surface area (Å²) in [5, 5.41) is 8.76. The number of amides is 1. The number of rotatable bonds is 5. The molecule has 0 fully saturated rings. The topological polar surface area (TPSA) is 54.0 Å². The maximum absolute atomic E-state index is 11.2. The summed E-state index contributed by atoms with van der Waals surface area (Å²) in [5.41, 5.74) is 0. The van der Waals surface area contributed by atoms with Crippen LogP contribution < -0.4 is 10.6 Å². The van der Waals surface area contributed by atoms with E-state index in [9.17, 15) is 4.79 Å². The number of nitrogens with zero attached hydrogens (tertiary/aromatic N) is 1. The van der Waals surface area contributed by atoms with Gasteiger partial charge in [-0.2, -0.15) is 0 Å². The van der Waals surface area contributed by atoms with Crippen molar-refractivity contribution in [3.8, 4) is 0 Å². The minimum atomic E-state index is 0.0246. The molecule has 4 nitrogen and oxygen atoms in total. The number of aromatic nitrogens is 1. The molecular weight excluding hydrogens is 198 g/mol. The van der Waals surface area contributed by atoms with Crippen molar-refractivity contribution in [1.82, 2.24) is 15.6 Å². The molecule has 0 saturated heterocycles. The van der Waals surface area contributed by atoms with Gasteiger partial charge in [0.05, 0.1) is 6.54 Å². The van der Waals surface area contributed by atoms with Crippen molar-refractivity contribution in [2.45, 2.75) is 26.4 Å². The van der Waals surface area contributed by atoms with Crippen molar-refractivity contribution in [3.63, 3.8) is 0 Å². The van der Waals surface area contributed by atoms with E-state index < -0.39 is 0 Å². The first-order valence-electron chi connectivity index (χ1n) is 4.57. The molecule has 0 saturated carbocycles. The zero-order valence-corrected chi connectivity index (χ0v) is 9.23. The monoisotopic (exact) mass is 213 g/mol. The summed E-state index contributed by atoms with van der Waals surface area (Å²) in [6.07, 6.45) is 1.76. The molecule has 0 atom stereocenters. The van der Waals surface area contributed by atoms with Crippen LogP contribution in [0.5, 0.6) is 0 Å². The number of carbonyl (C=O) groups is 1. The Kier molecular flexibility index (Phi) is 4.55. The standard InChI is InChI=1S/C9H15N3OS/c1-7(2)12-8(13)5-10-6-9-11-3-4-14-9/h3-4,7,10H,5-6H2,1-2H3,(H,12,13). The average Bonchev–Trinajstić information content (AvgIpc) is 2.55. The van der Waals surface area contributed by atoms with E-state index in [2.05, 4.69) is 15.6 Å². The first kappa shape index (κ1) is 11.1. The van der Waals surface area contributed by atoms with Crippen LogP contribution >= 0.6 is 11.3 Å². The number of thiazole rings is 1. The lowest BCUT2D eigenvalue weighted by Gasteiger charge is -2.08. The van der Waals surface area contributed by atoms with Crippen molar-refractivity contribution < 1.29 is 4.79 Å². The SMILES string of the molecule is CC(C)NC(=O)CNCc1nccs1. The number of hydrogen-bond donors (Lipinski definition) is 2. The molecule has 1 heterocycles. The molecule has 0 spiro atoms. The largest absolute Gasteiger partial charge is 0.353 e. The maximum Gasteiger partial charge on any atom is 0.234 e. The summed E-state index contributed by atoms with van der Waals surface area (Å²) in [6, 6.07) is 0.198. The van der Waals surface area contributed by atoms with Crippen LogP contribution in [0.15, 0.2) is 11.6 Å². The summed E-state index contributed by atoms with van der Waals surface area (Å²) in [7, 11) is 0. The molecule has 0 aromatic carbocycles. The van der Waals surface area contributed by atoms with Gasteiger partial charge in [0.1, 0.15) is 5.01 Å². The summed E-state index contributed by atoms with van der Waals surface area (Å²) in [6.45, 7) is 4.89. The molecule has 0 aliphatic rings. The van der Waals surface area contributed by atoms with Gasteiger partial charge >= 0.3 is 0 Å². The number of carbonyl (C=O) groups excluding carboxylic acids is 1. The van der Waals surface area contributed by atoms with Crippen LogP contribution in [0.1, 0.15) is 18.9 Å². The van der Waals surface area contributed by atoms with Gasteiger partial charge in [0.2, 0.25) is 5.91 Å². The van der Waals surface area contributed by atoms with Gasteiger partial charge in [0.25, 0.3) is 0 Å². The predicted octanol–water partition coefficient (Wildman–Crippen LogP) is 0.757. The van der Waals surface area contributed by atoms with E-state index in [1.54, 1.807) is 17.5 Å². The van der Waals surface area contributed by atoms with E-state index in [-0.39, 0.29) is 11.9 Å². The lowest BCUT2D eigenvalue weighted by Crippen LogP contribution is -2.37. The van der Waals surface area contributed by atoms with E-state index >= 15 is 0 Å². The molecular formula is C9H15N3OS. The van der Waals surface area contributed by atoms with Crippen molar-refractivity contribution in [1.29, 1.82) is 0 Å². The smallest absolute Gasteiger partial charge is 0.234 e. The fraction of sp³-hybridized carbons (Fsp3) is 0.556. The van der Waals surface area contributed by atoms with E-state index in [1.807, 2.05) is 19.2 Å². The zero-order valence-electron chi connectivity index (χ0n) is 8.41. The molecule has 0 radical (unpaired) electrons. The van der Waals surface area contributed by atoms with Gasteiger partial charge in [0, 0.05) is 24.2 Å². The Morgan fingerprint density at radius 2 is 2.43 bits per heavy atom. The van der Waals surface area contributed by atoms with E-state index in [0.717, 1.165) is 5.01 Å². The second-order valence-electron chi connectivity index (χ2n) is 3.25. The van der Waals surface area contributed by atoms with Gasteiger partial charge < -0.3 is 10.6 Å². The highest BCUT2D eigenvalue weighted by Crippen LogP contribution is 2.01. The highest BCUT2D eigenvalue weighted by molar-refractivity contribution is 7.09. The van der Waals surface area contributed by atoms with Crippen LogP contribution in [0.4, 0.5) is 0 Å². The number of nitrogens with one attached hydrogen (secondary N) is 2. The van der Waals surface area contributed by atoms with Crippen LogP contribution in [0.3, 0.4) is 0 Å². The Morgan fingerprint density at radius 1 is 1.64 bits per heavy atom. The van der Waals surface area contributed by atoms with Gasteiger partial charge in [-0.1, -0.05) is 0 Å². The Labute approximate surface area is 87.7 Å². The van der Waals surface area contributed by atoms with Crippen molar-refractivity contribution >= 4 is 17.2 Å². The summed E-state index contributed by atoms with van der Waals surface area (Å²) < 4.78 is 0. The molecule has 0 aliphatic carbocycles. The molecule has 0 bridgehead atoms. The van der Waals surface area contributed by atoms with E-state index in [4.69, 9.17) is 0 Å². The lowest BCUT2D eigenvalue weighted by atomic mass is 10.4. The predicted molar refractivity (Wildman–Crippen MR) is 57.1 cm³/mol. The second-order valence-corrected chi connectivity index (χ2v) is 4.23. The van der Waals surface area contributed by atoms with Gasteiger partial charge in [-0.25, -0.2) is 4.98 Å². The van der Waals surface area contributed by atoms with Crippen LogP contribution in [-0.4, -0.2) is 23.5 Å². The van der Waals surface area contributed by atoms with Gasteiger partial charge in [0.15, 0.2) is 0 Å². The van der Waals surface area contributed by atoms with Crippen molar-refractivity contribution in [2.75, 3.05) is 6.54 Å². The molecule has 5 heteroatoms. The molecule has 1 aromatic heterocycles. The molecule has 0 aliphatic heterocycles. The fourth-order valence-corrected chi connectivity index (χ4v) is 1.58. The molecule has 1 rings (SSSR count). The summed E-state index contributed by atoms with van der Waals surface area (Å²) in [5.74, 6) is 0.0246. The van der Waals surface area contributed by atoms with Crippen LogP contribution in [-0.2, 0) is 11.3 Å². The summed E-state index contributed by atoms with van der Waals surface area (Å²) in [4.78, 5) is 15.3. The Hall–Kier alpha value is -0.940. The second kappa shape index (κ2) is 5.72. The Bertz CT molecular complexity index is 272. The van der Waals surface area contributed by atoms with Crippen LogP contribution in [0.2, 0.25) is 0 Å². The van der Waals surface area contributed by atoms with E-state index in [0.29, 0.717) is 13.1 Å².